The third-order valence-corrected chi connectivity index (χ3v) is 5.55. The van der Waals surface area contributed by atoms with Crippen LogP contribution in [-0.2, 0) is 0 Å². The van der Waals surface area contributed by atoms with Crippen molar-refractivity contribution in [1.29, 1.82) is 0 Å². The number of hydrogen-bond acceptors (Lipinski definition) is 7. The average Bonchev–Trinajstić information content (AvgIpc) is 2.76. The molecule has 172 valence electrons. The molecule has 4 rings (SSSR count). The summed E-state index contributed by atoms with van der Waals surface area (Å²) < 4.78 is 22.6. The quantitative estimate of drug-likeness (QED) is 0.656. The molecule has 0 bridgehead atoms. The maximum Gasteiger partial charge on any atom is 0.257 e. The number of rotatable bonds is 6. The first-order chi connectivity index (χ1) is 14.1. The monoisotopic (exact) mass is 449 g/mol. The van der Waals surface area contributed by atoms with Gasteiger partial charge in [0.25, 0.3) is 5.88 Å². The Morgan fingerprint density at radius 3 is 2.81 bits per heavy atom. The zero-order valence-corrected chi connectivity index (χ0v) is 18.9. The molecule has 1 fully saturated rings. The second-order valence-corrected chi connectivity index (χ2v) is 7.71. The zero-order valence-electron chi connectivity index (χ0n) is 17.9. The lowest BCUT2D eigenvalue weighted by molar-refractivity contribution is 0.0980. The zero-order chi connectivity index (χ0) is 20.2. The van der Waals surface area contributed by atoms with Gasteiger partial charge in [0.2, 0.25) is 5.88 Å². The summed E-state index contributed by atoms with van der Waals surface area (Å²) in [6, 6.07) is 8.03. The number of likely N-dealkylation sites (tertiary alicyclic amines) is 1. The van der Waals surface area contributed by atoms with Gasteiger partial charge in [-0.25, -0.2) is 9.97 Å². The predicted molar refractivity (Wildman–Crippen MR) is 126 cm³/mol. The molecule has 1 saturated heterocycles. The van der Waals surface area contributed by atoms with Crippen molar-refractivity contribution in [2.75, 3.05) is 40.0 Å². The van der Waals surface area contributed by atoms with E-state index in [-0.39, 0.29) is 27.0 Å². The van der Waals surface area contributed by atoms with Crippen molar-refractivity contribution >= 4 is 13.5 Å². The molecule has 0 aromatic carbocycles. The molecule has 31 heavy (non-hydrogen) atoms. The van der Waals surface area contributed by atoms with E-state index in [2.05, 4.69) is 16.8 Å². The fourth-order valence-electron chi connectivity index (χ4n) is 3.96. The summed E-state index contributed by atoms with van der Waals surface area (Å²) in [5.41, 5.74) is 1.91. The number of hydrogen-bond donors (Lipinski definition) is 0. The second-order valence-electron chi connectivity index (χ2n) is 7.71. The van der Waals surface area contributed by atoms with Crippen LogP contribution in [0.3, 0.4) is 0 Å². The van der Waals surface area contributed by atoms with Crippen molar-refractivity contribution in [2.24, 2.45) is 5.92 Å². The molecule has 2 atom stereocenters. The number of fused-ring (bicyclic) bond motifs is 1. The van der Waals surface area contributed by atoms with E-state index in [0.29, 0.717) is 37.5 Å². The summed E-state index contributed by atoms with van der Waals surface area (Å²) in [4.78, 5) is 11.5. The summed E-state index contributed by atoms with van der Waals surface area (Å²) in [5.74, 6) is 3.22. The van der Waals surface area contributed by atoms with Crippen LogP contribution in [0.25, 0.3) is 0 Å². The SMILES string of the molecule is C.COc1cc(OC[C@H]2CCCN([C@@H](C)c3ccc4c(n3)OCCO4)C2)cc(C)n1.S. The topological polar surface area (TPSA) is 65.9 Å². The molecule has 8 heteroatoms. The number of methoxy groups -OCH3 is 1. The maximum atomic E-state index is 6.08. The molecule has 0 spiro atoms. The number of aromatic nitrogens is 2. The van der Waals surface area contributed by atoms with Gasteiger partial charge in [-0.15, -0.1) is 0 Å². The molecule has 2 aliphatic heterocycles. The standard InChI is InChI=1S/C22H29N3O4.CH4.H2S/c1-15-11-18(12-21(23-15)26-3)29-14-17-5-4-8-25(13-17)16(2)19-6-7-20-22(24-19)28-10-9-27-20;;/h6-7,11-12,16-17H,4-5,8-10,13-14H2,1-3H3;1H4;1H2/t16-,17-;;/m0../s1. The molecular weight excluding hydrogens is 414 g/mol. The fourth-order valence-corrected chi connectivity index (χ4v) is 3.96. The van der Waals surface area contributed by atoms with Gasteiger partial charge in [-0.3, -0.25) is 4.90 Å². The van der Waals surface area contributed by atoms with Crippen LogP contribution in [0.15, 0.2) is 24.3 Å². The first-order valence-electron chi connectivity index (χ1n) is 10.3. The van der Waals surface area contributed by atoms with E-state index in [1.54, 1.807) is 7.11 Å². The first-order valence-corrected chi connectivity index (χ1v) is 10.3. The van der Waals surface area contributed by atoms with Crippen LogP contribution < -0.4 is 18.9 Å². The minimum atomic E-state index is 0. The van der Waals surface area contributed by atoms with E-state index < -0.39 is 0 Å². The molecule has 4 heterocycles. The van der Waals surface area contributed by atoms with Crippen LogP contribution in [0.2, 0.25) is 0 Å². The van der Waals surface area contributed by atoms with Crippen molar-refractivity contribution in [1.82, 2.24) is 14.9 Å². The summed E-state index contributed by atoms with van der Waals surface area (Å²) in [6.07, 6.45) is 2.32. The van der Waals surface area contributed by atoms with Crippen molar-refractivity contribution in [2.45, 2.75) is 40.2 Å². The van der Waals surface area contributed by atoms with Gasteiger partial charge in [0, 0.05) is 36.3 Å². The van der Waals surface area contributed by atoms with Crippen LogP contribution in [-0.4, -0.2) is 54.9 Å². The van der Waals surface area contributed by atoms with Gasteiger partial charge in [0.15, 0.2) is 5.75 Å². The average molecular weight is 450 g/mol. The van der Waals surface area contributed by atoms with Crippen molar-refractivity contribution in [3.8, 4) is 23.3 Å². The van der Waals surface area contributed by atoms with Crippen molar-refractivity contribution < 1.29 is 18.9 Å². The third kappa shape index (κ3) is 6.17. The van der Waals surface area contributed by atoms with E-state index >= 15 is 0 Å². The largest absolute Gasteiger partial charge is 0.493 e. The van der Waals surface area contributed by atoms with Gasteiger partial charge >= 0.3 is 0 Å². The minimum absolute atomic E-state index is 0. The fraction of sp³-hybridized carbons (Fsp3) is 0.565. The van der Waals surface area contributed by atoms with E-state index in [9.17, 15) is 0 Å². The molecule has 0 N–H and O–H groups in total. The number of ether oxygens (including phenoxy) is 4. The lowest BCUT2D eigenvalue weighted by Crippen LogP contribution is -2.39. The van der Waals surface area contributed by atoms with Crippen LogP contribution in [0, 0.1) is 12.8 Å². The molecule has 0 amide bonds. The van der Waals surface area contributed by atoms with E-state index in [4.69, 9.17) is 23.9 Å². The second kappa shape index (κ2) is 11.4. The van der Waals surface area contributed by atoms with E-state index in [1.165, 1.54) is 6.42 Å². The Bertz CT molecular complexity index is 852. The summed E-state index contributed by atoms with van der Waals surface area (Å²) >= 11 is 0. The highest BCUT2D eigenvalue weighted by molar-refractivity contribution is 7.59. The van der Waals surface area contributed by atoms with Gasteiger partial charge in [-0.1, -0.05) is 7.43 Å². The van der Waals surface area contributed by atoms with Crippen LogP contribution in [0.5, 0.6) is 23.3 Å². The molecule has 2 aromatic heterocycles. The highest BCUT2D eigenvalue weighted by Crippen LogP contribution is 2.32. The lowest BCUT2D eigenvalue weighted by atomic mass is 9.97. The number of nitrogens with zero attached hydrogens (tertiary/aromatic N) is 3. The van der Waals surface area contributed by atoms with Gasteiger partial charge < -0.3 is 18.9 Å². The smallest absolute Gasteiger partial charge is 0.257 e. The van der Waals surface area contributed by atoms with Crippen molar-refractivity contribution in [3.05, 3.63) is 35.7 Å². The number of piperidine rings is 1. The van der Waals surface area contributed by atoms with Gasteiger partial charge in [-0.2, -0.15) is 13.5 Å². The van der Waals surface area contributed by atoms with Crippen LogP contribution in [0.1, 0.15) is 44.6 Å². The Balaban J connectivity index is 0.00000171. The van der Waals surface area contributed by atoms with Gasteiger partial charge in [0.1, 0.15) is 19.0 Å². The lowest BCUT2D eigenvalue weighted by Gasteiger charge is -2.36. The van der Waals surface area contributed by atoms with Gasteiger partial charge in [0.05, 0.1) is 19.4 Å². The molecular formula is C23H35N3O4S. The van der Waals surface area contributed by atoms with Crippen LogP contribution in [0.4, 0.5) is 0 Å². The Hall–Kier alpha value is -2.19. The molecule has 0 aliphatic carbocycles. The molecule has 2 aromatic rings. The molecule has 0 radical (unpaired) electrons. The van der Waals surface area contributed by atoms with Gasteiger partial charge in [-0.05, 0) is 45.4 Å². The van der Waals surface area contributed by atoms with E-state index in [1.807, 2.05) is 31.2 Å². The maximum absolute atomic E-state index is 6.08. The normalized spacial score (nSPS) is 18.9. The summed E-state index contributed by atoms with van der Waals surface area (Å²) in [7, 11) is 1.62. The van der Waals surface area contributed by atoms with E-state index in [0.717, 1.165) is 42.4 Å². The Kier molecular flexibility index (Phi) is 9.25. The molecule has 7 nitrogen and oxygen atoms in total. The molecule has 0 saturated carbocycles. The minimum Gasteiger partial charge on any atom is -0.493 e. The van der Waals surface area contributed by atoms with Crippen LogP contribution >= 0.6 is 13.5 Å². The van der Waals surface area contributed by atoms with Crippen molar-refractivity contribution in [3.63, 3.8) is 0 Å². The Labute approximate surface area is 192 Å². The highest BCUT2D eigenvalue weighted by Gasteiger charge is 2.26. The highest BCUT2D eigenvalue weighted by atomic mass is 32.1. The predicted octanol–water partition coefficient (Wildman–Crippen LogP) is 4.17. The molecule has 2 aliphatic rings. The Morgan fingerprint density at radius 1 is 1.19 bits per heavy atom. The number of aryl methyl sites for hydroxylation is 1. The first kappa shape index (κ1) is 25.1. The molecule has 0 unspecified atom stereocenters. The Morgan fingerprint density at radius 2 is 2.00 bits per heavy atom. The summed E-state index contributed by atoms with van der Waals surface area (Å²) in [5, 5.41) is 0. The number of pyridine rings is 2. The third-order valence-electron chi connectivity index (χ3n) is 5.55. The summed E-state index contributed by atoms with van der Waals surface area (Å²) in [6.45, 7) is 8.03.